The number of carbonyl (C=O) groups excluding carboxylic acids is 1. The minimum absolute atomic E-state index is 0.0924. The van der Waals surface area contributed by atoms with E-state index >= 15 is 0 Å². The van der Waals surface area contributed by atoms with Gasteiger partial charge in [-0.05, 0) is 12.5 Å². The van der Waals surface area contributed by atoms with Gasteiger partial charge in [-0.1, -0.05) is 0 Å². The van der Waals surface area contributed by atoms with Crippen LogP contribution in [0.1, 0.15) is 18.3 Å². The minimum atomic E-state index is -0.252. The first-order valence-electron chi connectivity index (χ1n) is 6.88. The lowest BCUT2D eigenvalue weighted by molar-refractivity contribution is -0.129. The summed E-state index contributed by atoms with van der Waals surface area (Å²) in [6, 6.07) is 3.38. The van der Waals surface area contributed by atoms with Gasteiger partial charge in [0.15, 0.2) is 5.65 Å². The number of halogens is 1. The molecule has 0 saturated carbocycles. The Morgan fingerprint density at radius 3 is 2.86 bits per heavy atom. The smallest absolute Gasteiger partial charge is 0.245 e. The average molecular weight is 309 g/mol. The predicted octanol–water partition coefficient (Wildman–Crippen LogP) is 1.62. The SMILES string of the molecule is COc1ccc2nc(CCCl)n(C3CCN(C)C3=O)c2n1. The molecule has 0 radical (unpaired) electrons. The summed E-state index contributed by atoms with van der Waals surface area (Å²) in [7, 11) is 3.39. The average Bonchev–Trinajstić information content (AvgIpc) is 3.00. The van der Waals surface area contributed by atoms with E-state index in [2.05, 4.69) is 9.97 Å². The summed E-state index contributed by atoms with van der Waals surface area (Å²) in [5.74, 6) is 1.86. The number of hydrogen-bond donors (Lipinski definition) is 0. The summed E-state index contributed by atoms with van der Waals surface area (Å²) in [6.07, 6.45) is 1.36. The van der Waals surface area contributed by atoms with Crippen molar-refractivity contribution in [3.05, 3.63) is 18.0 Å². The van der Waals surface area contributed by atoms with E-state index in [-0.39, 0.29) is 11.9 Å². The molecule has 1 amide bonds. The largest absolute Gasteiger partial charge is 0.481 e. The van der Waals surface area contributed by atoms with Gasteiger partial charge in [0.25, 0.3) is 0 Å². The third-order valence-electron chi connectivity index (χ3n) is 3.82. The van der Waals surface area contributed by atoms with Crippen molar-refractivity contribution in [2.24, 2.45) is 0 Å². The Balaban J connectivity index is 2.17. The zero-order valence-corrected chi connectivity index (χ0v) is 12.8. The van der Waals surface area contributed by atoms with Crippen LogP contribution in [0.5, 0.6) is 5.88 Å². The zero-order chi connectivity index (χ0) is 15.0. The molecule has 21 heavy (non-hydrogen) atoms. The van der Waals surface area contributed by atoms with Crippen LogP contribution in [0, 0.1) is 0 Å². The van der Waals surface area contributed by atoms with Crippen molar-refractivity contribution < 1.29 is 9.53 Å². The second kappa shape index (κ2) is 5.52. The molecule has 0 N–H and O–H groups in total. The lowest BCUT2D eigenvalue weighted by Gasteiger charge is -2.15. The number of carbonyl (C=O) groups is 1. The maximum Gasteiger partial charge on any atom is 0.245 e. The molecule has 1 unspecified atom stereocenters. The Morgan fingerprint density at radius 2 is 2.24 bits per heavy atom. The number of amides is 1. The summed E-state index contributed by atoms with van der Waals surface area (Å²) < 4.78 is 7.11. The van der Waals surface area contributed by atoms with Crippen molar-refractivity contribution in [1.82, 2.24) is 19.4 Å². The molecule has 1 aliphatic heterocycles. The van der Waals surface area contributed by atoms with Gasteiger partial charge in [0.2, 0.25) is 11.8 Å². The van der Waals surface area contributed by atoms with Gasteiger partial charge in [-0.2, -0.15) is 4.98 Å². The summed E-state index contributed by atoms with van der Waals surface area (Å²) in [4.78, 5) is 23.1. The van der Waals surface area contributed by atoms with Crippen molar-refractivity contribution >= 4 is 28.7 Å². The molecule has 0 aromatic carbocycles. The Kier molecular flexibility index (Phi) is 3.71. The van der Waals surface area contributed by atoms with E-state index in [0.717, 1.165) is 24.3 Å². The quantitative estimate of drug-likeness (QED) is 0.805. The molecule has 1 atom stereocenters. The van der Waals surface area contributed by atoms with Gasteiger partial charge in [-0.3, -0.25) is 9.36 Å². The first-order valence-corrected chi connectivity index (χ1v) is 7.42. The number of methoxy groups -OCH3 is 1. The highest BCUT2D eigenvalue weighted by Gasteiger charge is 2.33. The molecule has 2 aromatic rings. The number of pyridine rings is 1. The lowest BCUT2D eigenvalue weighted by Crippen LogP contribution is -2.25. The number of alkyl halides is 1. The van der Waals surface area contributed by atoms with E-state index in [4.69, 9.17) is 16.3 Å². The number of fused-ring (bicyclic) bond motifs is 1. The number of rotatable bonds is 4. The van der Waals surface area contributed by atoms with Crippen molar-refractivity contribution in [1.29, 1.82) is 0 Å². The van der Waals surface area contributed by atoms with E-state index in [9.17, 15) is 4.79 Å². The molecular weight excluding hydrogens is 292 g/mol. The lowest BCUT2D eigenvalue weighted by atomic mass is 10.2. The fraction of sp³-hybridized carbons (Fsp3) is 0.500. The Morgan fingerprint density at radius 1 is 1.43 bits per heavy atom. The first-order chi connectivity index (χ1) is 10.2. The molecule has 3 rings (SSSR count). The molecule has 0 bridgehead atoms. The molecule has 1 aliphatic rings. The van der Waals surface area contributed by atoms with E-state index in [1.54, 1.807) is 18.1 Å². The third-order valence-corrected chi connectivity index (χ3v) is 4.01. The highest BCUT2D eigenvalue weighted by molar-refractivity contribution is 6.17. The summed E-state index contributed by atoms with van der Waals surface area (Å²) in [5.41, 5.74) is 1.45. The minimum Gasteiger partial charge on any atom is -0.481 e. The second-order valence-electron chi connectivity index (χ2n) is 5.10. The molecule has 112 valence electrons. The number of likely N-dealkylation sites (N-methyl/N-ethyl adjacent to an activating group) is 1. The van der Waals surface area contributed by atoms with E-state index in [1.807, 2.05) is 17.7 Å². The van der Waals surface area contributed by atoms with Gasteiger partial charge in [0.1, 0.15) is 17.4 Å². The summed E-state index contributed by atoms with van der Waals surface area (Å²) in [6.45, 7) is 0.744. The highest BCUT2D eigenvalue weighted by atomic mass is 35.5. The molecule has 0 aliphatic carbocycles. The van der Waals surface area contributed by atoms with Gasteiger partial charge in [-0.25, -0.2) is 4.98 Å². The molecule has 6 nitrogen and oxygen atoms in total. The maximum absolute atomic E-state index is 12.3. The molecule has 2 aromatic heterocycles. The maximum atomic E-state index is 12.3. The van der Waals surface area contributed by atoms with Crippen LogP contribution in [-0.2, 0) is 11.2 Å². The van der Waals surface area contributed by atoms with Crippen LogP contribution < -0.4 is 4.74 Å². The van der Waals surface area contributed by atoms with E-state index in [0.29, 0.717) is 23.8 Å². The Hall–Kier alpha value is -1.82. The normalized spacial score (nSPS) is 18.7. The molecule has 0 spiro atoms. The predicted molar refractivity (Wildman–Crippen MR) is 79.8 cm³/mol. The van der Waals surface area contributed by atoms with Crippen LogP contribution in [0.4, 0.5) is 0 Å². The molecule has 1 fully saturated rings. The van der Waals surface area contributed by atoms with Gasteiger partial charge in [0.05, 0.1) is 7.11 Å². The van der Waals surface area contributed by atoms with Crippen molar-refractivity contribution in [3.63, 3.8) is 0 Å². The number of ether oxygens (including phenoxy) is 1. The fourth-order valence-electron chi connectivity index (χ4n) is 2.75. The number of aryl methyl sites for hydroxylation is 1. The number of likely N-dealkylation sites (tertiary alicyclic amines) is 1. The van der Waals surface area contributed by atoms with Crippen LogP contribution >= 0.6 is 11.6 Å². The van der Waals surface area contributed by atoms with Crippen molar-refractivity contribution in [3.8, 4) is 5.88 Å². The van der Waals surface area contributed by atoms with Crippen LogP contribution in [0.25, 0.3) is 11.2 Å². The standard InChI is InChI=1S/C14H17ClN4O2/c1-18-8-6-10(14(18)20)19-11(5-7-15)16-9-3-4-12(21-2)17-13(9)19/h3-4,10H,5-8H2,1-2H3. The Bertz CT molecular complexity index is 685. The fourth-order valence-corrected chi connectivity index (χ4v) is 2.92. The molecule has 1 saturated heterocycles. The number of imidazole rings is 1. The molecule has 7 heteroatoms. The summed E-state index contributed by atoms with van der Waals surface area (Å²) >= 11 is 5.87. The third kappa shape index (κ3) is 2.33. The van der Waals surface area contributed by atoms with Gasteiger partial charge in [-0.15, -0.1) is 11.6 Å². The first kappa shape index (κ1) is 14.1. The number of nitrogens with zero attached hydrogens (tertiary/aromatic N) is 4. The van der Waals surface area contributed by atoms with Crippen molar-refractivity contribution in [2.75, 3.05) is 26.6 Å². The van der Waals surface area contributed by atoms with Crippen LogP contribution in [0.15, 0.2) is 12.1 Å². The van der Waals surface area contributed by atoms with Gasteiger partial charge >= 0.3 is 0 Å². The zero-order valence-electron chi connectivity index (χ0n) is 12.0. The second-order valence-corrected chi connectivity index (χ2v) is 5.48. The van der Waals surface area contributed by atoms with Crippen LogP contribution in [0.3, 0.4) is 0 Å². The highest BCUT2D eigenvalue weighted by Crippen LogP contribution is 2.29. The van der Waals surface area contributed by atoms with E-state index in [1.165, 1.54) is 0 Å². The topological polar surface area (TPSA) is 60.2 Å². The Labute approximate surface area is 127 Å². The van der Waals surface area contributed by atoms with Crippen LogP contribution in [-0.4, -0.2) is 51.9 Å². The monoisotopic (exact) mass is 308 g/mol. The van der Waals surface area contributed by atoms with Crippen LogP contribution in [0.2, 0.25) is 0 Å². The summed E-state index contributed by atoms with van der Waals surface area (Å²) in [5, 5.41) is 0. The number of aromatic nitrogens is 3. The van der Waals surface area contributed by atoms with Crippen molar-refractivity contribution in [2.45, 2.75) is 18.9 Å². The molecule has 3 heterocycles. The number of hydrogen-bond acceptors (Lipinski definition) is 4. The van der Waals surface area contributed by atoms with Gasteiger partial charge < -0.3 is 9.64 Å². The van der Waals surface area contributed by atoms with E-state index < -0.39 is 0 Å². The molecular formula is C14H17ClN4O2. The van der Waals surface area contributed by atoms with Gasteiger partial charge in [0, 0.05) is 32.0 Å².